The van der Waals surface area contributed by atoms with Gasteiger partial charge in [0.05, 0.1) is 0 Å². The summed E-state index contributed by atoms with van der Waals surface area (Å²) in [5, 5.41) is 6.06. The van der Waals surface area contributed by atoms with Gasteiger partial charge in [-0.3, -0.25) is 4.79 Å². The number of pyridine rings is 1. The standard InChI is InChI=1S/C15H15N3O/c1-10-6-7-14(16-9-10)18-15(19)13-8-11-4-2-3-5-12(11)17-13/h2-7,9,13,17H,8H2,1H3,(H,16,18,19)/t13-/m0/s1. The second-order valence-corrected chi connectivity index (χ2v) is 4.77. The highest BCUT2D eigenvalue weighted by atomic mass is 16.2. The molecule has 0 radical (unpaired) electrons. The lowest BCUT2D eigenvalue weighted by atomic mass is 10.1. The van der Waals surface area contributed by atoms with Gasteiger partial charge in [-0.1, -0.05) is 24.3 Å². The summed E-state index contributed by atoms with van der Waals surface area (Å²) in [7, 11) is 0. The van der Waals surface area contributed by atoms with Crippen LogP contribution in [0.2, 0.25) is 0 Å². The molecule has 1 aromatic heterocycles. The maximum atomic E-state index is 12.2. The maximum absolute atomic E-state index is 12.2. The summed E-state index contributed by atoms with van der Waals surface area (Å²) >= 11 is 0. The Morgan fingerprint density at radius 3 is 2.89 bits per heavy atom. The van der Waals surface area contributed by atoms with Crippen LogP contribution < -0.4 is 10.6 Å². The Morgan fingerprint density at radius 1 is 1.32 bits per heavy atom. The Labute approximate surface area is 111 Å². The van der Waals surface area contributed by atoms with Crippen molar-refractivity contribution in [3.63, 3.8) is 0 Å². The van der Waals surface area contributed by atoms with Gasteiger partial charge < -0.3 is 10.6 Å². The molecule has 0 fully saturated rings. The Hall–Kier alpha value is -2.36. The van der Waals surface area contributed by atoms with Crippen LogP contribution in [-0.2, 0) is 11.2 Å². The zero-order valence-electron chi connectivity index (χ0n) is 10.7. The van der Waals surface area contributed by atoms with Crippen LogP contribution in [0, 0.1) is 6.92 Å². The summed E-state index contributed by atoms with van der Waals surface area (Å²) < 4.78 is 0. The highest BCUT2D eigenvalue weighted by Gasteiger charge is 2.26. The predicted molar refractivity (Wildman–Crippen MR) is 75.2 cm³/mol. The number of hydrogen-bond acceptors (Lipinski definition) is 3. The average molecular weight is 253 g/mol. The molecule has 0 bridgehead atoms. The number of aryl methyl sites for hydroxylation is 1. The quantitative estimate of drug-likeness (QED) is 0.864. The highest BCUT2D eigenvalue weighted by Crippen LogP contribution is 2.25. The van der Waals surface area contributed by atoms with Crippen LogP contribution in [0.15, 0.2) is 42.6 Å². The van der Waals surface area contributed by atoms with Crippen LogP contribution >= 0.6 is 0 Å². The number of carbonyl (C=O) groups excluding carboxylic acids is 1. The zero-order valence-corrected chi connectivity index (χ0v) is 10.7. The summed E-state index contributed by atoms with van der Waals surface area (Å²) in [6.07, 6.45) is 2.46. The minimum Gasteiger partial charge on any atom is -0.373 e. The van der Waals surface area contributed by atoms with E-state index in [2.05, 4.69) is 15.6 Å². The minimum absolute atomic E-state index is 0.0486. The lowest BCUT2D eigenvalue weighted by Gasteiger charge is -2.11. The van der Waals surface area contributed by atoms with Gasteiger partial charge in [-0.25, -0.2) is 4.98 Å². The van der Waals surface area contributed by atoms with E-state index in [9.17, 15) is 4.79 Å². The SMILES string of the molecule is Cc1ccc(NC(=O)[C@@H]2Cc3ccccc3N2)nc1. The molecule has 0 saturated heterocycles. The second kappa shape index (κ2) is 4.72. The van der Waals surface area contributed by atoms with Gasteiger partial charge in [0.25, 0.3) is 0 Å². The van der Waals surface area contributed by atoms with E-state index in [-0.39, 0.29) is 11.9 Å². The molecule has 1 amide bonds. The van der Waals surface area contributed by atoms with Crippen LogP contribution in [0.4, 0.5) is 11.5 Å². The molecular weight excluding hydrogens is 238 g/mol. The zero-order chi connectivity index (χ0) is 13.2. The number of amides is 1. The third-order valence-electron chi connectivity index (χ3n) is 3.25. The van der Waals surface area contributed by atoms with Gasteiger partial charge in [0.2, 0.25) is 5.91 Å². The molecule has 4 heteroatoms. The van der Waals surface area contributed by atoms with Crippen LogP contribution in [0.5, 0.6) is 0 Å². The number of anilines is 2. The second-order valence-electron chi connectivity index (χ2n) is 4.77. The van der Waals surface area contributed by atoms with Crippen LogP contribution in [-0.4, -0.2) is 16.9 Å². The molecule has 0 unspecified atom stereocenters. The first-order valence-corrected chi connectivity index (χ1v) is 6.30. The van der Waals surface area contributed by atoms with Gasteiger partial charge in [-0.15, -0.1) is 0 Å². The van der Waals surface area contributed by atoms with Gasteiger partial charge in [-0.2, -0.15) is 0 Å². The summed E-state index contributed by atoms with van der Waals surface area (Å²) in [4.78, 5) is 16.3. The number of carbonyl (C=O) groups is 1. The minimum atomic E-state index is -0.222. The molecule has 0 aliphatic carbocycles. The topological polar surface area (TPSA) is 54.0 Å². The summed E-state index contributed by atoms with van der Waals surface area (Å²) in [5.41, 5.74) is 3.29. The first-order valence-electron chi connectivity index (χ1n) is 6.30. The fraction of sp³-hybridized carbons (Fsp3) is 0.200. The van der Waals surface area contributed by atoms with E-state index in [0.29, 0.717) is 12.2 Å². The molecule has 1 aliphatic rings. The van der Waals surface area contributed by atoms with Crippen molar-refractivity contribution in [1.82, 2.24) is 4.98 Å². The molecule has 4 nitrogen and oxygen atoms in total. The van der Waals surface area contributed by atoms with Gasteiger partial charge in [0, 0.05) is 18.3 Å². The van der Waals surface area contributed by atoms with E-state index < -0.39 is 0 Å². The maximum Gasteiger partial charge on any atom is 0.248 e. The van der Waals surface area contributed by atoms with E-state index in [1.165, 1.54) is 5.56 Å². The van der Waals surface area contributed by atoms with Gasteiger partial charge in [-0.05, 0) is 30.2 Å². The first kappa shape index (κ1) is 11.7. The number of nitrogens with one attached hydrogen (secondary N) is 2. The number of rotatable bonds is 2. The Kier molecular flexibility index (Phi) is 2.91. The van der Waals surface area contributed by atoms with Crippen molar-refractivity contribution in [3.05, 3.63) is 53.7 Å². The first-order chi connectivity index (χ1) is 9.22. The van der Waals surface area contributed by atoms with Crippen molar-refractivity contribution >= 4 is 17.4 Å². The number of para-hydroxylation sites is 1. The largest absolute Gasteiger partial charge is 0.373 e. The Bertz CT molecular complexity index is 582. The van der Waals surface area contributed by atoms with Crippen molar-refractivity contribution in [2.24, 2.45) is 0 Å². The fourth-order valence-corrected chi connectivity index (χ4v) is 2.21. The van der Waals surface area contributed by atoms with Crippen LogP contribution in [0.1, 0.15) is 11.1 Å². The van der Waals surface area contributed by atoms with E-state index in [0.717, 1.165) is 11.3 Å². The van der Waals surface area contributed by atoms with Crippen molar-refractivity contribution in [2.45, 2.75) is 19.4 Å². The van der Waals surface area contributed by atoms with Crippen molar-refractivity contribution in [1.29, 1.82) is 0 Å². The normalized spacial score (nSPS) is 16.6. The number of nitrogens with zero attached hydrogens (tertiary/aromatic N) is 1. The van der Waals surface area contributed by atoms with E-state index >= 15 is 0 Å². The molecule has 2 heterocycles. The van der Waals surface area contributed by atoms with Gasteiger partial charge >= 0.3 is 0 Å². The molecule has 19 heavy (non-hydrogen) atoms. The number of benzene rings is 1. The summed E-state index contributed by atoms with van der Waals surface area (Å²) in [5.74, 6) is 0.543. The average Bonchev–Trinajstić information content (AvgIpc) is 2.85. The molecular formula is C15H15N3O. The molecule has 1 atom stereocenters. The van der Waals surface area contributed by atoms with E-state index in [1.807, 2.05) is 43.3 Å². The molecule has 96 valence electrons. The smallest absolute Gasteiger partial charge is 0.248 e. The molecule has 2 aromatic rings. The Balaban J connectivity index is 1.68. The summed E-state index contributed by atoms with van der Waals surface area (Å²) in [6.45, 7) is 1.97. The van der Waals surface area contributed by atoms with Crippen LogP contribution in [0.3, 0.4) is 0 Å². The third kappa shape index (κ3) is 2.42. The molecule has 1 aromatic carbocycles. The molecule has 3 rings (SSSR count). The number of hydrogen-bond donors (Lipinski definition) is 2. The predicted octanol–water partition coefficient (Wildman–Crippen LogP) is 2.37. The van der Waals surface area contributed by atoms with Gasteiger partial charge in [0.15, 0.2) is 0 Å². The van der Waals surface area contributed by atoms with Gasteiger partial charge in [0.1, 0.15) is 11.9 Å². The fourth-order valence-electron chi connectivity index (χ4n) is 2.21. The molecule has 2 N–H and O–H groups in total. The van der Waals surface area contributed by atoms with Crippen molar-refractivity contribution < 1.29 is 4.79 Å². The van der Waals surface area contributed by atoms with E-state index in [4.69, 9.17) is 0 Å². The van der Waals surface area contributed by atoms with Crippen molar-refractivity contribution in [2.75, 3.05) is 10.6 Å². The molecule has 1 aliphatic heterocycles. The lowest BCUT2D eigenvalue weighted by molar-refractivity contribution is -0.116. The summed E-state index contributed by atoms with van der Waals surface area (Å²) in [6, 6.07) is 11.5. The third-order valence-corrected chi connectivity index (χ3v) is 3.25. The monoisotopic (exact) mass is 253 g/mol. The highest BCUT2D eigenvalue weighted by molar-refractivity contribution is 5.97. The number of aromatic nitrogens is 1. The lowest BCUT2D eigenvalue weighted by Crippen LogP contribution is -2.33. The van der Waals surface area contributed by atoms with Crippen molar-refractivity contribution in [3.8, 4) is 0 Å². The number of fused-ring (bicyclic) bond motifs is 1. The molecule has 0 spiro atoms. The van der Waals surface area contributed by atoms with E-state index in [1.54, 1.807) is 6.20 Å². The Morgan fingerprint density at radius 2 is 2.16 bits per heavy atom. The molecule has 0 saturated carbocycles. The van der Waals surface area contributed by atoms with Crippen LogP contribution in [0.25, 0.3) is 0 Å².